The molecule has 1 aromatic carbocycles. The van der Waals surface area contributed by atoms with E-state index in [0.717, 1.165) is 43.6 Å². The van der Waals surface area contributed by atoms with E-state index in [0.29, 0.717) is 4.90 Å². The van der Waals surface area contributed by atoms with Crippen LogP contribution in [0.25, 0.3) is 0 Å². The van der Waals surface area contributed by atoms with Crippen molar-refractivity contribution < 1.29 is 13.3 Å². The van der Waals surface area contributed by atoms with Gasteiger partial charge in [0.2, 0.25) is 10.0 Å². The summed E-state index contributed by atoms with van der Waals surface area (Å²) < 4.78 is 28.5. The zero-order valence-electron chi connectivity index (χ0n) is 17.1. The van der Waals surface area contributed by atoms with Gasteiger partial charge in [0.25, 0.3) is 0 Å². The minimum Gasteiger partial charge on any atom is -0.335 e. The van der Waals surface area contributed by atoms with Crippen LogP contribution >= 0.6 is 0 Å². The average molecular weight is 370 g/mol. The molecule has 0 bridgehead atoms. The van der Waals surface area contributed by atoms with Gasteiger partial charge in [-0.2, -0.15) is 0 Å². The van der Waals surface area contributed by atoms with E-state index in [1.165, 1.54) is 0 Å². The summed E-state index contributed by atoms with van der Waals surface area (Å²) in [6, 6.07) is 5.69. The Bertz CT molecular complexity index is 644. The van der Waals surface area contributed by atoms with Crippen LogP contribution in [-0.2, 0) is 15.4 Å². The second-order valence-electron chi connectivity index (χ2n) is 8.10. The van der Waals surface area contributed by atoms with Crippen LogP contribution in [0.1, 0.15) is 65.5 Å². The van der Waals surface area contributed by atoms with Crippen LogP contribution in [0.4, 0.5) is 0 Å². The van der Waals surface area contributed by atoms with E-state index < -0.39 is 10.0 Å². The third-order valence-corrected chi connectivity index (χ3v) is 6.60. The highest BCUT2D eigenvalue weighted by Gasteiger charge is 2.23. The van der Waals surface area contributed by atoms with Gasteiger partial charge in [-0.15, -0.1) is 0 Å². The second kappa shape index (κ2) is 9.15. The maximum atomic E-state index is 12.8. The van der Waals surface area contributed by atoms with E-state index in [2.05, 4.69) is 39.3 Å². The summed E-state index contributed by atoms with van der Waals surface area (Å²) >= 11 is 0. The summed E-state index contributed by atoms with van der Waals surface area (Å²) in [5.41, 5.74) is 1.76. The number of benzene rings is 1. The Labute approximate surface area is 155 Å². The Kier molecular flexibility index (Phi) is 8.10. The van der Waals surface area contributed by atoms with Gasteiger partial charge in [0.05, 0.1) is 24.5 Å². The van der Waals surface area contributed by atoms with Gasteiger partial charge in [0, 0.05) is 6.04 Å². The molecule has 0 aromatic heterocycles. The molecule has 1 rings (SSSR count). The first-order valence-corrected chi connectivity index (χ1v) is 11.0. The van der Waals surface area contributed by atoms with Crippen molar-refractivity contribution in [3.8, 4) is 0 Å². The van der Waals surface area contributed by atoms with Gasteiger partial charge < -0.3 is 4.90 Å². The van der Waals surface area contributed by atoms with Gasteiger partial charge in [-0.3, -0.25) is 0 Å². The van der Waals surface area contributed by atoms with Gasteiger partial charge in [0.1, 0.15) is 0 Å². The SMILES string of the molecule is CC[NH+](CC)CCC[C@H](C)NS(=O)(=O)c1cc(C(C)(C)C)ccc1C. The van der Waals surface area contributed by atoms with Crippen LogP contribution in [0.5, 0.6) is 0 Å². The first kappa shape index (κ1) is 22.1. The predicted molar refractivity (Wildman–Crippen MR) is 106 cm³/mol. The fourth-order valence-corrected chi connectivity index (χ4v) is 4.55. The van der Waals surface area contributed by atoms with E-state index in [1.807, 2.05) is 32.0 Å². The summed E-state index contributed by atoms with van der Waals surface area (Å²) in [5, 5.41) is 0. The molecule has 0 saturated heterocycles. The monoisotopic (exact) mass is 369 g/mol. The van der Waals surface area contributed by atoms with E-state index in [9.17, 15) is 8.42 Å². The number of sulfonamides is 1. The molecule has 0 unspecified atom stereocenters. The molecule has 4 nitrogen and oxygen atoms in total. The molecule has 0 heterocycles. The van der Waals surface area contributed by atoms with Crippen LogP contribution in [-0.4, -0.2) is 34.1 Å². The molecule has 0 saturated carbocycles. The van der Waals surface area contributed by atoms with Crippen molar-refractivity contribution in [1.29, 1.82) is 0 Å². The van der Waals surface area contributed by atoms with Crippen LogP contribution < -0.4 is 9.62 Å². The summed E-state index contributed by atoms with van der Waals surface area (Å²) in [5.74, 6) is 0. The van der Waals surface area contributed by atoms with Gasteiger partial charge >= 0.3 is 0 Å². The van der Waals surface area contributed by atoms with Crippen LogP contribution in [0.2, 0.25) is 0 Å². The topological polar surface area (TPSA) is 50.6 Å². The Morgan fingerprint density at radius 2 is 1.76 bits per heavy atom. The number of quaternary nitrogens is 1. The van der Waals surface area contributed by atoms with Crippen LogP contribution in [0.15, 0.2) is 23.1 Å². The van der Waals surface area contributed by atoms with Crippen LogP contribution in [0.3, 0.4) is 0 Å². The standard InChI is InChI=1S/C20H36N2O2S/c1-8-22(9-2)14-10-11-17(4)21-25(23,24)19-15-18(20(5,6)7)13-12-16(19)3/h12-13,15,17,21H,8-11,14H2,1-7H3/p+1/t17-/m0/s1. The Hall–Kier alpha value is -0.910. The smallest absolute Gasteiger partial charge is 0.241 e. The number of hydrogen-bond acceptors (Lipinski definition) is 2. The average Bonchev–Trinajstić information content (AvgIpc) is 2.50. The molecule has 0 amide bonds. The Balaban J connectivity index is 2.81. The quantitative estimate of drug-likeness (QED) is 0.703. The van der Waals surface area contributed by atoms with E-state index in [-0.39, 0.29) is 11.5 Å². The summed E-state index contributed by atoms with van der Waals surface area (Å²) in [6.45, 7) is 17.8. The maximum absolute atomic E-state index is 12.8. The van der Waals surface area contributed by atoms with Gasteiger partial charge in [-0.05, 0) is 63.1 Å². The van der Waals surface area contributed by atoms with E-state index >= 15 is 0 Å². The Morgan fingerprint density at radius 3 is 2.28 bits per heavy atom. The molecular formula is C20H37N2O2S+. The largest absolute Gasteiger partial charge is 0.335 e. The van der Waals surface area contributed by atoms with Crippen molar-refractivity contribution in [2.45, 2.75) is 77.7 Å². The third kappa shape index (κ3) is 6.72. The van der Waals surface area contributed by atoms with Gasteiger partial charge in [-0.25, -0.2) is 13.1 Å². The van der Waals surface area contributed by atoms with E-state index in [4.69, 9.17) is 0 Å². The molecule has 0 aliphatic rings. The van der Waals surface area contributed by atoms with E-state index in [1.54, 1.807) is 4.90 Å². The molecule has 2 N–H and O–H groups in total. The van der Waals surface area contributed by atoms with Crippen LogP contribution in [0, 0.1) is 6.92 Å². The van der Waals surface area contributed by atoms with Crippen molar-refractivity contribution in [1.82, 2.24) is 4.72 Å². The third-order valence-electron chi connectivity index (χ3n) is 4.87. The molecule has 0 radical (unpaired) electrons. The molecular weight excluding hydrogens is 332 g/mol. The zero-order chi connectivity index (χ0) is 19.3. The summed E-state index contributed by atoms with van der Waals surface area (Å²) in [4.78, 5) is 1.96. The van der Waals surface area contributed by atoms with Gasteiger partial charge in [-0.1, -0.05) is 32.9 Å². The molecule has 5 heteroatoms. The van der Waals surface area contributed by atoms with Crippen molar-refractivity contribution in [3.63, 3.8) is 0 Å². The summed E-state index contributed by atoms with van der Waals surface area (Å²) in [6.07, 6.45) is 1.89. The number of hydrogen-bond donors (Lipinski definition) is 2. The van der Waals surface area contributed by atoms with Crippen molar-refractivity contribution in [2.24, 2.45) is 0 Å². The Morgan fingerprint density at radius 1 is 1.16 bits per heavy atom. The highest BCUT2D eigenvalue weighted by molar-refractivity contribution is 7.89. The lowest BCUT2D eigenvalue weighted by Gasteiger charge is -2.22. The molecule has 25 heavy (non-hydrogen) atoms. The van der Waals surface area contributed by atoms with Crippen molar-refractivity contribution in [2.75, 3.05) is 19.6 Å². The fraction of sp³-hybridized carbons (Fsp3) is 0.700. The molecule has 1 atom stereocenters. The molecule has 1 aromatic rings. The lowest BCUT2D eigenvalue weighted by molar-refractivity contribution is -0.896. The fourth-order valence-electron chi connectivity index (χ4n) is 3.01. The number of aryl methyl sites for hydroxylation is 1. The minimum atomic E-state index is -3.49. The number of rotatable bonds is 9. The predicted octanol–water partition coefficient (Wildman–Crippen LogP) is 2.66. The molecule has 144 valence electrons. The normalized spacial score (nSPS) is 14.1. The molecule has 0 fully saturated rings. The maximum Gasteiger partial charge on any atom is 0.241 e. The first-order valence-electron chi connectivity index (χ1n) is 9.48. The highest BCUT2D eigenvalue weighted by Crippen LogP contribution is 2.26. The number of nitrogens with one attached hydrogen (secondary N) is 2. The lowest BCUT2D eigenvalue weighted by atomic mass is 9.87. The second-order valence-corrected chi connectivity index (χ2v) is 9.78. The minimum absolute atomic E-state index is 0.0577. The molecule has 0 aliphatic carbocycles. The first-order chi connectivity index (χ1) is 11.5. The van der Waals surface area contributed by atoms with Crippen molar-refractivity contribution >= 4 is 10.0 Å². The molecule has 0 spiro atoms. The highest BCUT2D eigenvalue weighted by atomic mass is 32.2. The lowest BCUT2D eigenvalue weighted by Crippen LogP contribution is -3.11. The molecule has 0 aliphatic heterocycles. The summed E-state index contributed by atoms with van der Waals surface area (Å²) in [7, 11) is -3.49. The zero-order valence-corrected chi connectivity index (χ0v) is 17.9. The van der Waals surface area contributed by atoms with Gasteiger partial charge in [0.15, 0.2) is 0 Å². The van der Waals surface area contributed by atoms with Crippen molar-refractivity contribution in [3.05, 3.63) is 29.3 Å².